The van der Waals surface area contributed by atoms with E-state index in [2.05, 4.69) is 15.1 Å². The Morgan fingerprint density at radius 1 is 1.00 bits per heavy atom. The van der Waals surface area contributed by atoms with Gasteiger partial charge in [0.1, 0.15) is 17.2 Å². The number of nitrogens with zero attached hydrogens (tertiary/aromatic N) is 4. The molecule has 0 atom stereocenters. The van der Waals surface area contributed by atoms with E-state index in [-0.39, 0.29) is 0 Å². The topological polar surface area (TPSA) is 69.1 Å². The minimum Gasteiger partial charge on any atom is -0.382 e. The van der Waals surface area contributed by atoms with E-state index in [1.807, 2.05) is 78.5 Å². The third kappa shape index (κ3) is 2.87. The van der Waals surface area contributed by atoms with Crippen molar-refractivity contribution in [2.24, 2.45) is 17.8 Å². The fourth-order valence-corrected chi connectivity index (χ4v) is 2.80. The van der Waals surface area contributed by atoms with Gasteiger partial charge >= 0.3 is 0 Å². The molecule has 5 heteroatoms. The van der Waals surface area contributed by atoms with Crippen molar-refractivity contribution in [2.75, 3.05) is 0 Å². The van der Waals surface area contributed by atoms with E-state index in [9.17, 15) is 0 Å². The highest BCUT2D eigenvalue weighted by atomic mass is 15.3. The molecule has 0 aliphatic carbocycles. The van der Waals surface area contributed by atoms with E-state index in [4.69, 9.17) is 5.73 Å². The molecule has 0 fully saturated rings. The van der Waals surface area contributed by atoms with Gasteiger partial charge in [-0.2, -0.15) is 5.10 Å². The molecule has 0 radical (unpaired) electrons. The molecule has 0 saturated carbocycles. The van der Waals surface area contributed by atoms with Crippen LogP contribution in [0.4, 0.5) is 5.69 Å². The lowest BCUT2D eigenvalue weighted by atomic mass is 10.1. The van der Waals surface area contributed by atoms with Crippen LogP contribution >= 0.6 is 0 Å². The van der Waals surface area contributed by atoms with Crippen LogP contribution in [0, 0.1) is 0 Å². The van der Waals surface area contributed by atoms with E-state index in [1.54, 1.807) is 6.20 Å². The SMILES string of the molecule is Cn1nc(-c2ccccc2)c2cc(C(N)=Nc3ccccc3)ncc21. The highest BCUT2D eigenvalue weighted by Crippen LogP contribution is 2.27. The number of benzene rings is 2. The summed E-state index contributed by atoms with van der Waals surface area (Å²) in [4.78, 5) is 8.90. The molecule has 4 rings (SSSR count). The zero-order chi connectivity index (χ0) is 17.2. The quantitative estimate of drug-likeness (QED) is 0.461. The summed E-state index contributed by atoms with van der Waals surface area (Å²) in [6.45, 7) is 0. The van der Waals surface area contributed by atoms with Crippen LogP contribution in [0.1, 0.15) is 5.69 Å². The normalized spacial score (nSPS) is 11.8. The number of nitrogens with two attached hydrogens (primary N) is 1. The van der Waals surface area contributed by atoms with E-state index < -0.39 is 0 Å². The van der Waals surface area contributed by atoms with Gasteiger partial charge in [0, 0.05) is 18.0 Å². The second-order valence-corrected chi connectivity index (χ2v) is 5.76. The van der Waals surface area contributed by atoms with Crippen molar-refractivity contribution in [3.05, 3.63) is 78.6 Å². The average molecular weight is 327 g/mol. The maximum atomic E-state index is 6.17. The zero-order valence-electron chi connectivity index (χ0n) is 13.8. The number of hydrogen-bond acceptors (Lipinski definition) is 3. The number of aryl methyl sites for hydroxylation is 1. The van der Waals surface area contributed by atoms with Gasteiger partial charge in [0.15, 0.2) is 0 Å². The van der Waals surface area contributed by atoms with Gasteiger partial charge in [0.25, 0.3) is 0 Å². The summed E-state index contributed by atoms with van der Waals surface area (Å²) in [6.07, 6.45) is 1.79. The van der Waals surface area contributed by atoms with Crippen molar-refractivity contribution < 1.29 is 0 Å². The maximum Gasteiger partial charge on any atom is 0.150 e. The number of amidine groups is 1. The predicted molar refractivity (Wildman–Crippen MR) is 101 cm³/mol. The first kappa shape index (κ1) is 15.1. The summed E-state index contributed by atoms with van der Waals surface area (Å²) < 4.78 is 1.83. The lowest BCUT2D eigenvalue weighted by Crippen LogP contribution is -2.14. The molecule has 2 aromatic heterocycles. The maximum absolute atomic E-state index is 6.17. The second kappa shape index (κ2) is 6.20. The van der Waals surface area contributed by atoms with Gasteiger partial charge in [-0.25, -0.2) is 4.99 Å². The third-order valence-corrected chi connectivity index (χ3v) is 4.05. The van der Waals surface area contributed by atoms with Gasteiger partial charge in [-0.3, -0.25) is 9.67 Å². The van der Waals surface area contributed by atoms with Crippen LogP contribution in [-0.2, 0) is 7.05 Å². The number of rotatable bonds is 3. The zero-order valence-corrected chi connectivity index (χ0v) is 13.8. The molecule has 0 amide bonds. The van der Waals surface area contributed by atoms with Crippen LogP contribution in [0.3, 0.4) is 0 Å². The fraction of sp³-hybridized carbons (Fsp3) is 0.0500. The molecular weight excluding hydrogens is 310 g/mol. The monoisotopic (exact) mass is 327 g/mol. The molecule has 0 spiro atoms. The highest BCUT2D eigenvalue weighted by molar-refractivity contribution is 6.02. The summed E-state index contributed by atoms with van der Waals surface area (Å²) in [5.41, 5.74) is 10.5. The number of pyridine rings is 1. The van der Waals surface area contributed by atoms with Crippen molar-refractivity contribution in [3.8, 4) is 11.3 Å². The lowest BCUT2D eigenvalue weighted by molar-refractivity contribution is 0.799. The Morgan fingerprint density at radius 2 is 1.68 bits per heavy atom. The van der Waals surface area contributed by atoms with Crippen molar-refractivity contribution in [1.29, 1.82) is 0 Å². The molecule has 0 bridgehead atoms. The van der Waals surface area contributed by atoms with Crippen LogP contribution in [0.15, 0.2) is 77.9 Å². The summed E-state index contributed by atoms with van der Waals surface area (Å²) in [5, 5.41) is 5.64. The van der Waals surface area contributed by atoms with E-state index in [0.29, 0.717) is 11.5 Å². The number of para-hydroxylation sites is 1. The second-order valence-electron chi connectivity index (χ2n) is 5.76. The third-order valence-electron chi connectivity index (χ3n) is 4.05. The van der Waals surface area contributed by atoms with Crippen LogP contribution < -0.4 is 5.73 Å². The van der Waals surface area contributed by atoms with Crippen molar-refractivity contribution in [3.63, 3.8) is 0 Å². The van der Waals surface area contributed by atoms with Crippen molar-refractivity contribution >= 4 is 22.4 Å². The van der Waals surface area contributed by atoms with Gasteiger partial charge in [0.2, 0.25) is 0 Å². The minimum absolute atomic E-state index is 0.385. The summed E-state index contributed by atoms with van der Waals surface area (Å²) in [5.74, 6) is 0.385. The van der Waals surface area contributed by atoms with Gasteiger partial charge in [-0.15, -0.1) is 0 Å². The number of aliphatic imine (C=N–C) groups is 1. The summed E-state index contributed by atoms with van der Waals surface area (Å²) in [7, 11) is 1.91. The molecule has 5 nitrogen and oxygen atoms in total. The van der Waals surface area contributed by atoms with Crippen LogP contribution in [0.2, 0.25) is 0 Å². The highest BCUT2D eigenvalue weighted by Gasteiger charge is 2.13. The Balaban J connectivity index is 1.84. The molecule has 2 heterocycles. The largest absolute Gasteiger partial charge is 0.382 e. The van der Waals surface area contributed by atoms with Gasteiger partial charge in [0.05, 0.1) is 17.4 Å². The van der Waals surface area contributed by atoms with Gasteiger partial charge < -0.3 is 5.73 Å². The van der Waals surface area contributed by atoms with E-state index >= 15 is 0 Å². The van der Waals surface area contributed by atoms with E-state index in [1.165, 1.54) is 0 Å². The number of hydrogen-bond donors (Lipinski definition) is 1. The molecule has 0 aliphatic heterocycles. The minimum atomic E-state index is 0.385. The van der Waals surface area contributed by atoms with Gasteiger partial charge in [-0.05, 0) is 18.2 Å². The van der Waals surface area contributed by atoms with Gasteiger partial charge in [-0.1, -0.05) is 48.5 Å². The predicted octanol–water partition coefficient (Wildman–Crippen LogP) is 3.67. The van der Waals surface area contributed by atoms with Crippen molar-refractivity contribution in [1.82, 2.24) is 14.8 Å². The Hall–Kier alpha value is -3.47. The standard InChI is InChI=1S/C20H17N5/c1-25-18-13-22-17(20(21)23-15-10-6-3-7-11-15)12-16(18)19(24-25)14-8-4-2-5-9-14/h2-13H,1H3,(H2,21,23). The van der Waals surface area contributed by atoms with E-state index in [0.717, 1.165) is 27.8 Å². The van der Waals surface area contributed by atoms with Crippen LogP contribution in [-0.4, -0.2) is 20.6 Å². The number of aromatic nitrogens is 3. The van der Waals surface area contributed by atoms with Crippen LogP contribution in [0.25, 0.3) is 22.2 Å². The molecule has 0 saturated heterocycles. The van der Waals surface area contributed by atoms with Crippen molar-refractivity contribution in [2.45, 2.75) is 0 Å². The number of fused-ring (bicyclic) bond motifs is 1. The summed E-state index contributed by atoms with van der Waals surface area (Å²) in [6, 6.07) is 21.7. The smallest absolute Gasteiger partial charge is 0.150 e. The Bertz CT molecular complexity index is 1050. The van der Waals surface area contributed by atoms with Crippen LogP contribution in [0.5, 0.6) is 0 Å². The molecule has 122 valence electrons. The lowest BCUT2D eigenvalue weighted by Gasteiger charge is -2.02. The average Bonchev–Trinajstić information content (AvgIpc) is 2.99. The fourth-order valence-electron chi connectivity index (χ4n) is 2.80. The Kier molecular flexibility index (Phi) is 3.74. The first-order valence-corrected chi connectivity index (χ1v) is 8.00. The molecule has 0 aliphatic rings. The first-order valence-electron chi connectivity index (χ1n) is 8.00. The Morgan fingerprint density at radius 3 is 2.40 bits per heavy atom. The molecule has 25 heavy (non-hydrogen) atoms. The molecule has 4 aromatic rings. The molecule has 0 unspecified atom stereocenters. The molecular formula is C20H17N5. The first-order chi connectivity index (χ1) is 12.2. The molecule has 2 N–H and O–H groups in total. The summed E-state index contributed by atoms with van der Waals surface area (Å²) >= 11 is 0. The Labute approximate surface area is 145 Å². The molecule has 2 aromatic carbocycles.